The maximum absolute atomic E-state index is 9.63. The third-order valence-electron chi connectivity index (χ3n) is 3.61. The highest BCUT2D eigenvalue weighted by molar-refractivity contribution is 5.57. The van der Waals surface area contributed by atoms with E-state index in [9.17, 15) is 5.11 Å². The van der Waals surface area contributed by atoms with Crippen LogP contribution in [-0.2, 0) is 4.74 Å². The smallest absolute Gasteiger partial charge is 0.116 e. The second-order valence-electron chi connectivity index (χ2n) is 4.65. The number of aromatic hydroxyl groups is 1. The molecule has 0 aliphatic carbocycles. The molecule has 1 atom stereocenters. The minimum atomic E-state index is 0.353. The summed E-state index contributed by atoms with van der Waals surface area (Å²) in [5, 5.41) is 13.0. The Kier molecular flexibility index (Phi) is 2.91. The van der Waals surface area contributed by atoms with Crippen molar-refractivity contribution in [1.29, 1.82) is 0 Å². The minimum absolute atomic E-state index is 0.353. The Hall–Kier alpha value is -1.26. The Bertz CT molecular complexity index is 402. The van der Waals surface area contributed by atoms with Crippen molar-refractivity contribution in [3.8, 4) is 5.75 Å². The van der Waals surface area contributed by atoms with Crippen LogP contribution in [0.1, 0.15) is 18.0 Å². The Balaban J connectivity index is 1.89. The van der Waals surface area contributed by atoms with Crippen LogP contribution in [0.2, 0.25) is 0 Å². The highest BCUT2D eigenvalue weighted by Gasteiger charge is 2.27. The predicted molar refractivity (Wildman–Crippen MR) is 66.3 cm³/mol. The lowest BCUT2D eigenvalue weighted by Crippen LogP contribution is -2.41. The molecule has 4 heteroatoms. The first-order valence-electron chi connectivity index (χ1n) is 6.23. The highest BCUT2D eigenvalue weighted by atomic mass is 16.5. The predicted octanol–water partition coefficient (Wildman–Crippen LogP) is 1.58. The number of hydrogen-bond donors (Lipinski definition) is 2. The van der Waals surface area contributed by atoms with E-state index in [2.05, 4.69) is 10.2 Å². The van der Waals surface area contributed by atoms with Gasteiger partial charge in [-0.15, -0.1) is 0 Å². The van der Waals surface area contributed by atoms with Crippen molar-refractivity contribution in [2.24, 2.45) is 0 Å². The number of morpholine rings is 1. The van der Waals surface area contributed by atoms with Crippen LogP contribution in [0.3, 0.4) is 0 Å². The van der Waals surface area contributed by atoms with E-state index in [1.807, 2.05) is 12.1 Å². The van der Waals surface area contributed by atoms with E-state index in [1.165, 1.54) is 5.56 Å². The molecule has 1 aromatic carbocycles. The largest absolute Gasteiger partial charge is 0.508 e. The van der Waals surface area contributed by atoms with Crippen molar-refractivity contribution in [2.75, 3.05) is 38.2 Å². The monoisotopic (exact) mass is 234 g/mol. The molecule has 2 aliphatic heterocycles. The molecule has 92 valence electrons. The number of nitrogens with one attached hydrogen (secondary N) is 1. The summed E-state index contributed by atoms with van der Waals surface area (Å²) in [6, 6.07) is 6.02. The van der Waals surface area contributed by atoms with Crippen molar-refractivity contribution in [3.05, 3.63) is 23.8 Å². The molecule has 3 rings (SSSR count). The number of fused-ring (bicyclic) bond motifs is 1. The van der Waals surface area contributed by atoms with Crippen LogP contribution >= 0.6 is 0 Å². The summed E-state index contributed by atoms with van der Waals surface area (Å²) in [6.45, 7) is 4.61. The Labute approximate surface area is 101 Å². The number of anilines is 1. The summed E-state index contributed by atoms with van der Waals surface area (Å²) in [4.78, 5) is 2.46. The fourth-order valence-electron chi connectivity index (χ4n) is 2.75. The molecule has 17 heavy (non-hydrogen) atoms. The van der Waals surface area contributed by atoms with Crippen molar-refractivity contribution >= 4 is 5.69 Å². The van der Waals surface area contributed by atoms with Gasteiger partial charge in [-0.1, -0.05) is 0 Å². The zero-order chi connectivity index (χ0) is 11.7. The Morgan fingerprint density at radius 1 is 1.29 bits per heavy atom. The number of ether oxygens (including phenoxy) is 1. The second-order valence-corrected chi connectivity index (χ2v) is 4.65. The van der Waals surface area contributed by atoms with Crippen molar-refractivity contribution in [2.45, 2.75) is 12.5 Å². The molecule has 0 amide bonds. The maximum Gasteiger partial charge on any atom is 0.116 e. The summed E-state index contributed by atoms with van der Waals surface area (Å²) < 4.78 is 5.40. The third kappa shape index (κ3) is 2.10. The van der Waals surface area contributed by atoms with Crippen molar-refractivity contribution in [1.82, 2.24) is 4.90 Å². The number of rotatable bonds is 1. The quantitative estimate of drug-likeness (QED) is 0.724. The standard InChI is InChI=1S/C13H18N2O2/c16-10-1-2-12-11(9-10)13(3-4-14-12)15-5-7-17-8-6-15/h1-2,9,13-14,16H,3-8H2. The van der Waals surface area contributed by atoms with Gasteiger partial charge in [-0.05, 0) is 30.2 Å². The Morgan fingerprint density at radius 3 is 2.94 bits per heavy atom. The van der Waals surface area contributed by atoms with Crippen LogP contribution in [-0.4, -0.2) is 42.9 Å². The fraction of sp³-hybridized carbons (Fsp3) is 0.538. The molecule has 2 heterocycles. The number of benzene rings is 1. The highest BCUT2D eigenvalue weighted by Crippen LogP contribution is 2.36. The zero-order valence-electron chi connectivity index (χ0n) is 9.85. The summed E-state index contributed by atoms with van der Waals surface area (Å²) in [5.41, 5.74) is 2.38. The molecule has 0 radical (unpaired) electrons. The number of phenolic OH excluding ortho intramolecular Hbond substituents is 1. The van der Waals surface area contributed by atoms with Gasteiger partial charge in [-0.25, -0.2) is 0 Å². The van der Waals surface area contributed by atoms with E-state index in [0.717, 1.165) is 45.0 Å². The molecule has 4 nitrogen and oxygen atoms in total. The molecule has 2 N–H and O–H groups in total. The van der Waals surface area contributed by atoms with Crippen LogP contribution in [0, 0.1) is 0 Å². The first-order chi connectivity index (χ1) is 8.34. The lowest BCUT2D eigenvalue weighted by Gasteiger charge is -2.38. The number of phenols is 1. The van der Waals surface area contributed by atoms with Crippen LogP contribution in [0.5, 0.6) is 5.75 Å². The van der Waals surface area contributed by atoms with Crippen LogP contribution in [0.15, 0.2) is 18.2 Å². The SMILES string of the molecule is Oc1ccc2c(c1)C(N1CCOCC1)CCN2. The van der Waals surface area contributed by atoms with Gasteiger partial charge in [0, 0.05) is 31.4 Å². The molecule has 0 spiro atoms. The summed E-state index contributed by atoms with van der Waals surface area (Å²) in [5.74, 6) is 0.353. The van der Waals surface area contributed by atoms with E-state index in [-0.39, 0.29) is 0 Å². The van der Waals surface area contributed by atoms with E-state index < -0.39 is 0 Å². The molecule has 0 bridgehead atoms. The lowest BCUT2D eigenvalue weighted by atomic mass is 9.96. The lowest BCUT2D eigenvalue weighted by molar-refractivity contribution is 0.0144. The number of hydrogen-bond acceptors (Lipinski definition) is 4. The van der Waals surface area contributed by atoms with Crippen LogP contribution in [0.25, 0.3) is 0 Å². The van der Waals surface area contributed by atoms with E-state index in [0.29, 0.717) is 11.8 Å². The fourth-order valence-corrected chi connectivity index (χ4v) is 2.75. The molecule has 0 aromatic heterocycles. The summed E-state index contributed by atoms with van der Waals surface area (Å²) >= 11 is 0. The summed E-state index contributed by atoms with van der Waals surface area (Å²) in [6.07, 6.45) is 1.09. The Morgan fingerprint density at radius 2 is 2.12 bits per heavy atom. The van der Waals surface area contributed by atoms with Gasteiger partial charge >= 0.3 is 0 Å². The van der Waals surface area contributed by atoms with Gasteiger partial charge in [0.1, 0.15) is 5.75 Å². The number of nitrogens with zero attached hydrogens (tertiary/aromatic N) is 1. The summed E-state index contributed by atoms with van der Waals surface area (Å²) in [7, 11) is 0. The van der Waals surface area contributed by atoms with Gasteiger partial charge in [0.05, 0.1) is 13.2 Å². The molecule has 2 aliphatic rings. The third-order valence-corrected chi connectivity index (χ3v) is 3.61. The van der Waals surface area contributed by atoms with Gasteiger partial charge in [0.25, 0.3) is 0 Å². The first-order valence-corrected chi connectivity index (χ1v) is 6.23. The van der Waals surface area contributed by atoms with E-state index in [4.69, 9.17) is 4.74 Å². The molecule has 1 saturated heterocycles. The van der Waals surface area contributed by atoms with Gasteiger partial charge < -0.3 is 15.2 Å². The van der Waals surface area contributed by atoms with Crippen LogP contribution < -0.4 is 5.32 Å². The van der Waals surface area contributed by atoms with Gasteiger partial charge in [0.2, 0.25) is 0 Å². The van der Waals surface area contributed by atoms with Crippen molar-refractivity contribution < 1.29 is 9.84 Å². The van der Waals surface area contributed by atoms with Crippen molar-refractivity contribution in [3.63, 3.8) is 0 Å². The van der Waals surface area contributed by atoms with Gasteiger partial charge in [-0.2, -0.15) is 0 Å². The topological polar surface area (TPSA) is 44.7 Å². The van der Waals surface area contributed by atoms with E-state index in [1.54, 1.807) is 6.07 Å². The minimum Gasteiger partial charge on any atom is -0.508 e. The second kappa shape index (κ2) is 4.55. The average Bonchev–Trinajstić information content (AvgIpc) is 2.39. The van der Waals surface area contributed by atoms with Crippen LogP contribution in [0.4, 0.5) is 5.69 Å². The van der Waals surface area contributed by atoms with E-state index >= 15 is 0 Å². The molecule has 0 saturated carbocycles. The maximum atomic E-state index is 9.63. The molecular formula is C13H18N2O2. The molecular weight excluding hydrogens is 216 g/mol. The van der Waals surface area contributed by atoms with Gasteiger partial charge in [-0.3, -0.25) is 4.90 Å². The first kappa shape index (κ1) is 10.9. The average molecular weight is 234 g/mol. The normalized spacial score (nSPS) is 25.1. The molecule has 1 fully saturated rings. The molecule has 1 aromatic rings. The zero-order valence-corrected chi connectivity index (χ0v) is 9.85. The van der Waals surface area contributed by atoms with Gasteiger partial charge in [0.15, 0.2) is 0 Å². The molecule has 1 unspecified atom stereocenters.